The first-order valence-electron chi connectivity index (χ1n) is 10.4. The van der Waals surface area contributed by atoms with E-state index in [1.54, 1.807) is 24.3 Å². The number of hydrogen-bond acceptors (Lipinski definition) is 7. The van der Waals surface area contributed by atoms with Crippen molar-refractivity contribution in [1.29, 1.82) is 0 Å². The van der Waals surface area contributed by atoms with Crippen molar-refractivity contribution in [2.24, 2.45) is 5.16 Å². The molecule has 0 saturated heterocycles. The highest BCUT2D eigenvalue weighted by molar-refractivity contribution is 6.01. The number of rotatable bonds is 11. The van der Waals surface area contributed by atoms with Gasteiger partial charge in [0.05, 0.1) is 19.6 Å². The van der Waals surface area contributed by atoms with Gasteiger partial charge in [0.2, 0.25) is 0 Å². The second kappa shape index (κ2) is 12.3. The zero-order chi connectivity index (χ0) is 23.5. The normalized spacial score (nSPS) is 12.0. The van der Waals surface area contributed by atoms with E-state index in [4.69, 9.17) is 14.3 Å². The fourth-order valence-corrected chi connectivity index (χ4v) is 3.05. The van der Waals surface area contributed by atoms with Crippen LogP contribution in [0, 0.1) is 0 Å². The van der Waals surface area contributed by atoms with E-state index in [1.807, 2.05) is 54.6 Å². The van der Waals surface area contributed by atoms with Crippen LogP contribution in [0.2, 0.25) is 0 Å². The molecular weight excluding hydrogens is 422 g/mol. The van der Waals surface area contributed by atoms with Crippen molar-refractivity contribution in [3.05, 3.63) is 95.6 Å². The zero-order valence-electron chi connectivity index (χ0n) is 18.6. The first kappa shape index (κ1) is 23.8. The monoisotopic (exact) mass is 449 g/mol. The van der Waals surface area contributed by atoms with Crippen molar-refractivity contribution in [2.45, 2.75) is 19.1 Å². The standard InChI is InChI=1S/C26H27NO6/c1-30-26(29)16-25(28)21-10-14-23(15-11-21)32-17-19-8-12-22(13-9-19)33-18-24(27-31-2)20-6-4-3-5-7-20/h3-15,25,28H,16-18H2,1-2H3. The van der Waals surface area contributed by atoms with Gasteiger partial charge in [-0.15, -0.1) is 0 Å². The Bertz CT molecular complexity index is 1030. The molecule has 0 aromatic heterocycles. The molecule has 0 aliphatic rings. The number of carbonyl (C=O) groups excluding carboxylic acids is 1. The summed E-state index contributed by atoms with van der Waals surface area (Å²) < 4.78 is 16.2. The Morgan fingerprint density at radius 1 is 0.879 bits per heavy atom. The lowest BCUT2D eigenvalue weighted by Crippen LogP contribution is -2.13. The van der Waals surface area contributed by atoms with Crippen LogP contribution >= 0.6 is 0 Å². The van der Waals surface area contributed by atoms with Gasteiger partial charge in [0.25, 0.3) is 0 Å². The quantitative estimate of drug-likeness (QED) is 0.267. The zero-order valence-corrected chi connectivity index (χ0v) is 18.6. The van der Waals surface area contributed by atoms with Crippen LogP contribution in [0.3, 0.4) is 0 Å². The van der Waals surface area contributed by atoms with Gasteiger partial charge in [0.15, 0.2) is 0 Å². The van der Waals surface area contributed by atoms with Gasteiger partial charge in [-0.2, -0.15) is 0 Å². The lowest BCUT2D eigenvalue weighted by atomic mass is 10.1. The summed E-state index contributed by atoms with van der Waals surface area (Å²) in [5.74, 6) is 0.910. The smallest absolute Gasteiger partial charge is 0.308 e. The van der Waals surface area contributed by atoms with Crippen molar-refractivity contribution in [2.75, 3.05) is 20.8 Å². The maximum absolute atomic E-state index is 11.3. The predicted octanol–water partition coefficient (Wildman–Crippen LogP) is 4.29. The Hall–Kier alpha value is -3.84. The lowest BCUT2D eigenvalue weighted by molar-refractivity contribution is -0.142. The molecule has 1 atom stereocenters. The number of nitrogens with zero attached hydrogens (tertiary/aromatic N) is 1. The fraction of sp³-hybridized carbons (Fsp3) is 0.231. The van der Waals surface area contributed by atoms with Crippen LogP contribution in [0.4, 0.5) is 0 Å². The number of hydrogen-bond donors (Lipinski definition) is 1. The summed E-state index contributed by atoms with van der Waals surface area (Å²) in [6.07, 6.45) is -0.995. The Kier molecular flexibility index (Phi) is 8.85. The third kappa shape index (κ3) is 7.36. The summed E-state index contributed by atoms with van der Waals surface area (Å²) in [7, 11) is 2.80. The molecule has 0 spiro atoms. The molecule has 0 amide bonds. The second-order valence-corrected chi connectivity index (χ2v) is 7.17. The number of oxime groups is 1. The van der Waals surface area contributed by atoms with Crippen molar-refractivity contribution < 1.29 is 28.9 Å². The van der Waals surface area contributed by atoms with Crippen molar-refractivity contribution >= 4 is 11.7 Å². The molecule has 0 heterocycles. The van der Waals surface area contributed by atoms with Crippen LogP contribution in [0.25, 0.3) is 0 Å². The van der Waals surface area contributed by atoms with Crippen LogP contribution in [0.15, 0.2) is 84.0 Å². The highest BCUT2D eigenvalue weighted by atomic mass is 16.6. The average Bonchev–Trinajstić information content (AvgIpc) is 2.86. The molecule has 33 heavy (non-hydrogen) atoms. The van der Waals surface area contributed by atoms with Crippen molar-refractivity contribution in [1.82, 2.24) is 0 Å². The number of aliphatic hydroxyl groups excluding tert-OH is 1. The first-order valence-corrected chi connectivity index (χ1v) is 10.4. The van der Waals surface area contributed by atoms with Crippen LogP contribution in [-0.4, -0.2) is 37.6 Å². The molecule has 0 saturated carbocycles. The maximum atomic E-state index is 11.3. The van der Waals surface area contributed by atoms with E-state index >= 15 is 0 Å². The number of aliphatic hydroxyl groups is 1. The van der Waals surface area contributed by atoms with Crippen LogP contribution in [0.5, 0.6) is 11.5 Å². The van der Waals surface area contributed by atoms with E-state index in [9.17, 15) is 9.90 Å². The second-order valence-electron chi connectivity index (χ2n) is 7.17. The van der Waals surface area contributed by atoms with Gasteiger partial charge in [-0.1, -0.05) is 59.8 Å². The van der Waals surface area contributed by atoms with Gasteiger partial charge in [0, 0.05) is 5.56 Å². The summed E-state index contributed by atoms with van der Waals surface area (Å²) in [5, 5.41) is 14.1. The molecule has 3 aromatic carbocycles. The molecule has 0 bridgehead atoms. The minimum absolute atomic E-state index is 0.0880. The molecule has 7 nitrogen and oxygen atoms in total. The number of carbonyl (C=O) groups is 1. The molecule has 0 radical (unpaired) electrons. The van der Waals surface area contributed by atoms with Crippen molar-refractivity contribution in [3.63, 3.8) is 0 Å². The number of benzene rings is 3. The molecular formula is C26H27NO6. The van der Waals surface area contributed by atoms with E-state index in [1.165, 1.54) is 14.2 Å². The minimum Gasteiger partial charge on any atom is -0.489 e. The Morgan fingerprint density at radius 2 is 1.52 bits per heavy atom. The summed E-state index contributed by atoms with van der Waals surface area (Å²) in [6, 6.07) is 24.3. The molecule has 3 aromatic rings. The third-order valence-corrected chi connectivity index (χ3v) is 4.87. The fourth-order valence-electron chi connectivity index (χ4n) is 3.05. The molecule has 3 rings (SSSR count). The van der Waals surface area contributed by atoms with E-state index in [0.717, 1.165) is 11.1 Å². The van der Waals surface area contributed by atoms with Crippen LogP contribution < -0.4 is 9.47 Å². The Balaban J connectivity index is 1.50. The molecule has 0 aliphatic heterocycles. The van der Waals surface area contributed by atoms with Gasteiger partial charge >= 0.3 is 5.97 Å². The Morgan fingerprint density at radius 3 is 2.15 bits per heavy atom. The topological polar surface area (TPSA) is 86.6 Å². The summed E-state index contributed by atoms with van der Waals surface area (Å²) in [5.41, 5.74) is 3.24. The maximum Gasteiger partial charge on any atom is 0.308 e. The van der Waals surface area contributed by atoms with Gasteiger partial charge in [-0.3, -0.25) is 4.79 Å². The number of methoxy groups -OCH3 is 1. The SMILES string of the molecule is CON=C(COc1ccc(COc2ccc(C(O)CC(=O)OC)cc2)cc1)c1ccccc1. The Labute approximate surface area is 193 Å². The summed E-state index contributed by atoms with van der Waals surface area (Å²) >= 11 is 0. The minimum atomic E-state index is -0.907. The summed E-state index contributed by atoms with van der Waals surface area (Å²) in [6.45, 7) is 0.659. The molecule has 7 heteroatoms. The van der Waals surface area contributed by atoms with E-state index < -0.39 is 12.1 Å². The van der Waals surface area contributed by atoms with E-state index in [2.05, 4.69) is 9.89 Å². The average molecular weight is 450 g/mol. The summed E-state index contributed by atoms with van der Waals surface area (Å²) in [4.78, 5) is 16.2. The molecule has 172 valence electrons. The van der Waals surface area contributed by atoms with Gasteiger partial charge in [-0.25, -0.2) is 0 Å². The predicted molar refractivity (Wildman–Crippen MR) is 124 cm³/mol. The molecule has 0 fully saturated rings. The van der Waals surface area contributed by atoms with E-state index in [-0.39, 0.29) is 13.0 Å². The molecule has 0 aliphatic carbocycles. The molecule has 1 unspecified atom stereocenters. The largest absolute Gasteiger partial charge is 0.489 e. The highest BCUT2D eigenvalue weighted by Crippen LogP contribution is 2.22. The first-order chi connectivity index (χ1) is 16.1. The van der Waals surface area contributed by atoms with Gasteiger partial charge in [-0.05, 0) is 35.4 Å². The van der Waals surface area contributed by atoms with Crippen LogP contribution in [0.1, 0.15) is 29.2 Å². The lowest BCUT2D eigenvalue weighted by Gasteiger charge is -2.12. The van der Waals surface area contributed by atoms with Gasteiger partial charge < -0.3 is 24.2 Å². The third-order valence-electron chi connectivity index (χ3n) is 4.87. The van der Waals surface area contributed by atoms with Gasteiger partial charge in [0.1, 0.15) is 37.5 Å². The number of ether oxygens (including phenoxy) is 3. The highest BCUT2D eigenvalue weighted by Gasteiger charge is 2.13. The van der Waals surface area contributed by atoms with E-state index in [0.29, 0.717) is 29.4 Å². The van der Waals surface area contributed by atoms with Crippen molar-refractivity contribution in [3.8, 4) is 11.5 Å². The molecule has 1 N–H and O–H groups in total. The van der Waals surface area contributed by atoms with Crippen LogP contribution in [-0.2, 0) is 21.0 Å². The number of esters is 1.